The summed E-state index contributed by atoms with van der Waals surface area (Å²) in [6.07, 6.45) is 10.9. The van der Waals surface area contributed by atoms with E-state index in [2.05, 4.69) is 48.7 Å². The highest BCUT2D eigenvalue weighted by Crippen LogP contribution is 2.36. The van der Waals surface area contributed by atoms with Crippen LogP contribution in [0.15, 0.2) is 67.1 Å². The van der Waals surface area contributed by atoms with Gasteiger partial charge in [0.15, 0.2) is 11.3 Å². The highest BCUT2D eigenvalue weighted by atomic mass is 19.3. The van der Waals surface area contributed by atoms with Crippen molar-refractivity contribution in [3.05, 3.63) is 95.1 Å². The van der Waals surface area contributed by atoms with E-state index < -0.39 is 23.9 Å². The zero-order chi connectivity index (χ0) is 41.6. The van der Waals surface area contributed by atoms with Crippen molar-refractivity contribution in [1.82, 2.24) is 34.6 Å². The van der Waals surface area contributed by atoms with E-state index >= 15 is 0 Å². The summed E-state index contributed by atoms with van der Waals surface area (Å²) in [5.74, 6) is 1.03. The van der Waals surface area contributed by atoms with Crippen LogP contribution in [0.2, 0.25) is 0 Å². The number of fused-ring (bicyclic) bond motifs is 2. The molecule has 2 N–H and O–H groups in total. The molecule has 2 aliphatic heterocycles. The van der Waals surface area contributed by atoms with Crippen molar-refractivity contribution in [3.63, 3.8) is 0 Å². The number of amides is 3. The van der Waals surface area contributed by atoms with Gasteiger partial charge in [0, 0.05) is 32.0 Å². The predicted molar refractivity (Wildman–Crippen MR) is 221 cm³/mol. The molecule has 3 aromatic heterocycles. The van der Waals surface area contributed by atoms with Gasteiger partial charge in [0.2, 0.25) is 5.91 Å². The van der Waals surface area contributed by atoms with Crippen LogP contribution in [-0.2, 0) is 22.4 Å². The van der Waals surface area contributed by atoms with Crippen molar-refractivity contribution < 1.29 is 32.6 Å². The second-order valence-electron chi connectivity index (χ2n) is 16.1. The number of nitrogens with zero attached hydrogens (tertiary/aromatic N) is 7. The minimum Gasteiger partial charge on any atom is -0.457 e. The molecular weight excluding hydrogens is 773 g/mol. The number of benzene rings is 2. The van der Waals surface area contributed by atoms with Crippen LogP contribution in [0.1, 0.15) is 101 Å². The summed E-state index contributed by atoms with van der Waals surface area (Å²) in [6.45, 7) is 4.55. The van der Waals surface area contributed by atoms with E-state index in [1.165, 1.54) is 16.3 Å². The van der Waals surface area contributed by atoms with Gasteiger partial charge in [0.25, 0.3) is 18.2 Å². The standard InChI is InChI=1S/C44H51F2N9O5/c1-52(18-5-3-2-4-8-29-9-6-11-33(24-29)60-36-12-7-10-31-25-38(56)50-44(58)39(31)36)27-30-13-15-32(16-14-30)55-28-35(40(51-55)41(45)46)48-43(57)34-26-47-54-19-17-37(49-42(34)54)53-20-22-59-23-21-53/h6-7,9-12,17,19,24,26,28,30,32,41H,2-5,8,13-16,18,20-23,25,27H2,1H3,(H,48,57)(H,50,56,58)/t30-,32-. The van der Waals surface area contributed by atoms with Crippen molar-refractivity contribution in [1.29, 1.82) is 0 Å². The van der Waals surface area contributed by atoms with Crippen molar-refractivity contribution in [2.75, 3.05) is 56.7 Å². The molecule has 60 heavy (non-hydrogen) atoms. The lowest BCUT2D eigenvalue weighted by atomic mass is 9.86. The molecule has 1 saturated heterocycles. The van der Waals surface area contributed by atoms with Crippen LogP contribution >= 0.6 is 0 Å². The number of rotatable bonds is 16. The fourth-order valence-electron chi connectivity index (χ4n) is 8.58. The number of unbranched alkanes of at least 4 members (excludes halogenated alkanes) is 3. The van der Waals surface area contributed by atoms with Crippen LogP contribution in [0.25, 0.3) is 5.65 Å². The molecule has 0 unspecified atom stereocenters. The Balaban J connectivity index is 0.760. The molecule has 0 radical (unpaired) electrons. The van der Waals surface area contributed by atoms with Gasteiger partial charge in [-0.05, 0) is 99.8 Å². The lowest BCUT2D eigenvalue weighted by Crippen LogP contribution is -2.37. The van der Waals surface area contributed by atoms with Gasteiger partial charge in [-0.1, -0.05) is 37.1 Å². The number of alkyl halides is 2. The number of imide groups is 1. The van der Waals surface area contributed by atoms with Crippen LogP contribution in [0.5, 0.6) is 11.5 Å². The Morgan fingerprint density at radius 3 is 2.65 bits per heavy atom. The third-order valence-electron chi connectivity index (χ3n) is 11.7. The highest BCUT2D eigenvalue weighted by molar-refractivity contribution is 6.11. The van der Waals surface area contributed by atoms with Gasteiger partial charge in [0.1, 0.15) is 22.9 Å². The van der Waals surface area contributed by atoms with E-state index in [0.29, 0.717) is 66.3 Å². The first-order valence-electron chi connectivity index (χ1n) is 21.0. The van der Waals surface area contributed by atoms with E-state index in [4.69, 9.17) is 9.47 Å². The van der Waals surface area contributed by atoms with Gasteiger partial charge >= 0.3 is 0 Å². The summed E-state index contributed by atoms with van der Waals surface area (Å²) in [4.78, 5) is 46.9. The molecule has 2 fully saturated rings. The van der Waals surface area contributed by atoms with Gasteiger partial charge in [-0.25, -0.2) is 18.3 Å². The van der Waals surface area contributed by atoms with E-state index in [1.54, 1.807) is 35.3 Å². The average Bonchev–Trinajstić information content (AvgIpc) is 3.87. The summed E-state index contributed by atoms with van der Waals surface area (Å²) in [7, 11) is 2.17. The maximum absolute atomic E-state index is 14.2. The van der Waals surface area contributed by atoms with Crippen LogP contribution < -0.4 is 20.3 Å². The third kappa shape index (κ3) is 9.65. The Kier molecular flexibility index (Phi) is 12.8. The number of carbonyl (C=O) groups is 3. The minimum absolute atomic E-state index is 0.00114. The molecule has 5 aromatic rings. The molecule has 0 spiro atoms. The number of aryl methyl sites for hydroxylation is 1. The van der Waals surface area contributed by atoms with Crippen molar-refractivity contribution in [2.45, 2.75) is 76.7 Å². The Labute approximate surface area is 347 Å². The van der Waals surface area contributed by atoms with E-state index in [-0.39, 0.29) is 29.6 Å². The molecule has 2 aromatic carbocycles. The monoisotopic (exact) mass is 823 g/mol. The van der Waals surface area contributed by atoms with Gasteiger partial charge in [-0.15, -0.1) is 0 Å². The summed E-state index contributed by atoms with van der Waals surface area (Å²) in [5.41, 5.74) is 2.36. The smallest absolute Gasteiger partial charge is 0.284 e. The highest BCUT2D eigenvalue weighted by Gasteiger charge is 2.29. The Morgan fingerprint density at radius 2 is 1.83 bits per heavy atom. The number of morpholine rings is 1. The summed E-state index contributed by atoms with van der Waals surface area (Å²) >= 11 is 0. The number of hydrogen-bond donors (Lipinski definition) is 2. The molecule has 14 nitrogen and oxygen atoms in total. The molecular formula is C44H51F2N9O5. The first-order valence-corrected chi connectivity index (χ1v) is 21.0. The number of anilines is 2. The molecule has 0 bridgehead atoms. The predicted octanol–water partition coefficient (Wildman–Crippen LogP) is 7.02. The van der Waals surface area contributed by atoms with Crippen molar-refractivity contribution in [3.8, 4) is 11.5 Å². The van der Waals surface area contributed by atoms with E-state index in [0.717, 1.165) is 70.9 Å². The summed E-state index contributed by atoms with van der Waals surface area (Å²) in [5, 5.41) is 13.6. The number of aromatic nitrogens is 5. The largest absolute Gasteiger partial charge is 0.457 e. The lowest BCUT2D eigenvalue weighted by molar-refractivity contribution is -0.119. The van der Waals surface area contributed by atoms with Crippen LogP contribution in [0.3, 0.4) is 0 Å². The summed E-state index contributed by atoms with van der Waals surface area (Å²) < 4.78 is 43.1. The topological polar surface area (TPSA) is 148 Å². The van der Waals surface area contributed by atoms with Crippen LogP contribution in [0, 0.1) is 5.92 Å². The molecule has 3 amide bonds. The van der Waals surface area contributed by atoms with Crippen LogP contribution in [-0.4, -0.2) is 93.4 Å². The molecule has 1 aliphatic carbocycles. The fourth-order valence-corrected chi connectivity index (χ4v) is 8.58. The zero-order valence-corrected chi connectivity index (χ0v) is 33.8. The second kappa shape index (κ2) is 18.7. The molecule has 16 heteroatoms. The molecule has 1 saturated carbocycles. The zero-order valence-electron chi connectivity index (χ0n) is 33.8. The SMILES string of the molecule is CN(CCCCCCc1cccc(Oc2cccc3c2C(=O)NC(=O)C3)c1)C[C@H]1CC[C@H](n2cc(NC(=O)c3cnn4ccc(N5CCOCC5)nc34)c(C(F)F)n2)CC1. The number of halogens is 2. The van der Waals surface area contributed by atoms with Gasteiger partial charge in [-0.2, -0.15) is 10.2 Å². The molecule has 316 valence electrons. The molecule has 8 rings (SSSR count). The Morgan fingerprint density at radius 1 is 1.03 bits per heavy atom. The normalized spacial score (nSPS) is 18.2. The van der Waals surface area contributed by atoms with Gasteiger partial charge in [-0.3, -0.25) is 24.4 Å². The van der Waals surface area contributed by atoms with E-state index in [9.17, 15) is 23.2 Å². The maximum atomic E-state index is 14.2. The quantitative estimate of drug-likeness (QED) is 0.0786. The van der Waals surface area contributed by atoms with Crippen molar-refractivity contribution >= 4 is 34.9 Å². The number of carbonyl (C=O) groups excluding carboxylic acids is 3. The third-order valence-corrected chi connectivity index (χ3v) is 11.7. The Hall–Kier alpha value is -5.74. The first-order chi connectivity index (χ1) is 29.2. The average molecular weight is 824 g/mol. The van der Waals surface area contributed by atoms with Crippen molar-refractivity contribution in [2.24, 2.45) is 5.92 Å². The summed E-state index contributed by atoms with van der Waals surface area (Å²) in [6, 6.07) is 15.1. The van der Waals surface area contributed by atoms with Crippen LogP contribution in [0.4, 0.5) is 20.3 Å². The number of ether oxygens (including phenoxy) is 2. The molecule has 3 aliphatic rings. The number of hydrogen-bond acceptors (Lipinski definition) is 10. The maximum Gasteiger partial charge on any atom is 0.284 e. The fraction of sp³-hybridized carbons (Fsp3) is 0.455. The van der Waals surface area contributed by atoms with Gasteiger partial charge < -0.3 is 24.6 Å². The van der Waals surface area contributed by atoms with E-state index in [1.807, 2.05) is 24.3 Å². The molecule has 0 atom stereocenters. The van der Waals surface area contributed by atoms with Gasteiger partial charge in [0.05, 0.1) is 43.1 Å². The second-order valence-corrected chi connectivity index (χ2v) is 16.1. The lowest BCUT2D eigenvalue weighted by Gasteiger charge is -2.31. The minimum atomic E-state index is -2.85. The number of nitrogens with one attached hydrogen (secondary N) is 2. The molecule has 5 heterocycles. The first kappa shape index (κ1) is 41.0. The Bertz CT molecular complexity index is 2320.